The fraction of sp³-hybridized carbons (Fsp3) is 0.619. The van der Waals surface area contributed by atoms with Crippen LogP contribution >= 0.6 is 0 Å². The lowest BCUT2D eigenvalue weighted by atomic mass is 9.49. The molecule has 0 unspecified atom stereocenters. The van der Waals surface area contributed by atoms with E-state index in [0.29, 0.717) is 24.3 Å². The number of hydrogen-bond acceptors (Lipinski definition) is 4. The molecule has 4 aliphatic rings. The van der Waals surface area contributed by atoms with Crippen molar-refractivity contribution in [2.24, 2.45) is 23.2 Å². The SMILES string of the molecule is COc1cccc(CNC(=O)COC(=O)C23CC4CC(CC(C4)C2)C3)c1. The minimum Gasteiger partial charge on any atom is -0.497 e. The summed E-state index contributed by atoms with van der Waals surface area (Å²) in [7, 11) is 1.61. The number of methoxy groups -OCH3 is 1. The summed E-state index contributed by atoms with van der Waals surface area (Å²) in [5.74, 6) is 2.42. The summed E-state index contributed by atoms with van der Waals surface area (Å²) in [6, 6.07) is 7.54. The second-order valence-corrected chi connectivity index (χ2v) is 8.40. The minimum absolute atomic E-state index is 0.145. The highest BCUT2D eigenvalue weighted by molar-refractivity contribution is 5.83. The second kappa shape index (κ2) is 6.93. The standard InChI is InChI=1S/C21H27NO4/c1-25-18-4-2-3-14(8-18)12-22-19(23)13-26-20(24)21-9-15-5-16(10-21)7-17(6-15)11-21/h2-4,8,15-17H,5-7,9-13H2,1H3,(H,22,23). The third-order valence-electron chi connectivity index (χ3n) is 6.43. The number of hydrogen-bond donors (Lipinski definition) is 1. The summed E-state index contributed by atoms with van der Waals surface area (Å²) in [6.07, 6.45) is 6.74. The number of rotatable bonds is 6. The van der Waals surface area contributed by atoms with Crippen LogP contribution in [0.1, 0.15) is 44.1 Å². The number of carbonyl (C=O) groups is 2. The van der Waals surface area contributed by atoms with Gasteiger partial charge < -0.3 is 14.8 Å². The van der Waals surface area contributed by atoms with E-state index in [0.717, 1.165) is 30.6 Å². The first-order valence-electron chi connectivity index (χ1n) is 9.63. The molecule has 0 saturated heterocycles. The van der Waals surface area contributed by atoms with E-state index in [4.69, 9.17) is 9.47 Å². The molecular formula is C21H27NO4. The van der Waals surface area contributed by atoms with Gasteiger partial charge in [0.2, 0.25) is 0 Å². The molecule has 1 aromatic rings. The molecular weight excluding hydrogens is 330 g/mol. The van der Waals surface area contributed by atoms with Crippen LogP contribution in [-0.2, 0) is 20.9 Å². The third kappa shape index (κ3) is 3.44. The van der Waals surface area contributed by atoms with Crippen LogP contribution in [0.3, 0.4) is 0 Å². The Morgan fingerprint density at radius 2 is 1.77 bits per heavy atom. The maximum Gasteiger partial charge on any atom is 0.312 e. The number of amides is 1. The third-order valence-corrected chi connectivity index (χ3v) is 6.43. The zero-order valence-electron chi connectivity index (χ0n) is 15.3. The molecule has 0 radical (unpaired) electrons. The Kier molecular flexibility index (Phi) is 4.63. The number of esters is 1. The zero-order chi connectivity index (χ0) is 18.1. The van der Waals surface area contributed by atoms with E-state index in [-0.39, 0.29) is 23.9 Å². The Morgan fingerprint density at radius 1 is 1.12 bits per heavy atom. The number of nitrogens with one attached hydrogen (secondary N) is 1. The van der Waals surface area contributed by atoms with Crippen molar-refractivity contribution in [2.45, 2.75) is 45.1 Å². The van der Waals surface area contributed by atoms with Gasteiger partial charge in [0.1, 0.15) is 5.75 Å². The van der Waals surface area contributed by atoms with Crippen LogP contribution in [0.4, 0.5) is 0 Å². The van der Waals surface area contributed by atoms with E-state index in [2.05, 4.69) is 5.32 Å². The largest absolute Gasteiger partial charge is 0.497 e. The Bertz CT molecular complexity index is 664. The summed E-state index contributed by atoms with van der Waals surface area (Å²) >= 11 is 0. The molecule has 4 aliphatic carbocycles. The molecule has 0 spiro atoms. The highest BCUT2D eigenvalue weighted by Crippen LogP contribution is 2.60. The van der Waals surface area contributed by atoms with Gasteiger partial charge in [-0.05, 0) is 74.0 Å². The first-order chi connectivity index (χ1) is 12.6. The normalized spacial score (nSPS) is 31.5. The van der Waals surface area contributed by atoms with Crippen molar-refractivity contribution in [1.29, 1.82) is 0 Å². The summed E-state index contributed by atoms with van der Waals surface area (Å²) in [5, 5.41) is 2.81. The fourth-order valence-electron chi connectivity index (χ4n) is 5.68. The van der Waals surface area contributed by atoms with E-state index in [1.807, 2.05) is 24.3 Å². The van der Waals surface area contributed by atoms with Crippen LogP contribution in [0, 0.1) is 23.2 Å². The Balaban J connectivity index is 1.27. The molecule has 0 aromatic heterocycles. The molecule has 1 aromatic carbocycles. The maximum absolute atomic E-state index is 12.7. The molecule has 4 fully saturated rings. The van der Waals surface area contributed by atoms with Crippen LogP contribution in [0.15, 0.2) is 24.3 Å². The molecule has 5 rings (SSSR count). The first-order valence-corrected chi connectivity index (χ1v) is 9.63. The lowest BCUT2D eigenvalue weighted by Gasteiger charge is -2.55. The Hall–Kier alpha value is -2.04. The van der Waals surface area contributed by atoms with Gasteiger partial charge in [-0.3, -0.25) is 9.59 Å². The van der Waals surface area contributed by atoms with Crippen molar-refractivity contribution in [3.05, 3.63) is 29.8 Å². The van der Waals surface area contributed by atoms with Gasteiger partial charge >= 0.3 is 5.97 Å². The van der Waals surface area contributed by atoms with Gasteiger partial charge in [0.15, 0.2) is 6.61 Å². The van der Waals surface area contributed by atoms with Crippen LogP contribution in [0.2, 0.25) is 0 Å². The topological polar surface area (TPSA) is 64.6 Å². The Labute approximate surface area is 154 Å². The highest BCUT2D eigenvalue weighted by atomic mass is 16.5. The molecule has 5 heteroatoms. The summed E-state index contributed by atoms with van der Waals surface area (Å²) in [5.41, 5.74) is 0.645. The van der Waals surface area contributed by atoms with Gasteiger partial charge in [0.05, 0.1) is 12.5 Å². The van der Waals surface area contributed by atoms with Gasteiger partial charge in [0.25, 0.3) is 5.91 Å². The molecule has 1 amide bonds. The maximum atomic E-state index is 12.7. The van der Waals surface area contributed by atoms with Crippen molar-refractivity contribution >= 4 is 11.9 Å². The van der Waals surface area contributed by atoms with E-state index in [1.54, 1.807) is 7.11 Å². The van der Waals surface area contributed by atoms with Crippen molar-refractivity contribution in [3.8, 4) is 5.75 Å². The van der Waals surface area contributed by atoms with Crippen molar-refractivity contribution in [3.63, 3.8) is 0 Å². The molecule has 0 aliphatic heterocycles. The smallest absolute Gasteiger partial charge is 0.312 e. The van der Waals surface area contributed by atoms with Gasteiger partial charge in [-0.25, -0.2) is 0 Å². The fourth-order valence-corrected chi connectivity index (χ4v) is 5.68. The monoisotopic (exact) mass is 357 g/mol. The van der Waals surface area contributed by atoms with E-state index >= 15 is 0 Å². The summed E-state index contributed by atoms with van der Waals surface area (Å²) in [6.45, 7) is 0.204. The van der Waals surface area contributed by atoms with E-state index in [1.165, 1.54) is 19.3 Å². The average molecular weight is 357 g/mol. The zero-order valence-corrected chi connectivity index (χ0v) is 15.3. The number of benzene rings is 1. The van der Waals surface area contributed by atoms with E-state index < -0.39 is 0 Å². The summed E-state index contributed by atoms with van der Waals surface area (Å²) in [4.78, 5) is 24.8. The summed E-state index contributed by atoms with van der Waals surface area (Å²) < 4.78 is 10.6. The van der Waals surface area contributed by atoms with Crippen LogP contribution < -0.4 is 10.1 Å². The second-order valence-electron chi connectivity index (χ2n) is 8.40. The van der Waals surface area contributed by atoms with Gasteiger partial charge in [-0.1, -0.05) is 12.1 Å². The van der Waals surface area contributed by atoms with Gasteiger partial charge in [-0.15, -0.1) is 0 Å². The highest BCUT2D eigenvalue weighted by Gasteiger charge is 2.55. The quantitative estimate of drug-likeness (QED) is 0.795. The molecule has 1 N–H and O–H groups in total. The predicted molar refractivity (Wildman–Crippen MR) is 96.4 cm³/mol. The van der Waals surface area contributed by atoms with Crippen molar-refractivity contribution < 1.29 is 19.1 Å². The predicted octanol–water partition coefficient (Wildman–Crippen LogP) is 3.07. The molecule has 4 saturated carbocycles. The molecule has 0 heterocycles. The molecule has 26 heavy (non-hydrogen) atoms. The van der Waals surface area contributed by atoms with Crippen molar-refractivity contribution in [2.75, 3.05) is 13.7 Å². The molecule has 0 atom stereocenters. The lowest BCUT2D eigenvalue weighted by molar-refractivity contribution is -0.173. The number of carbonyl (C=O) groups excluding carboxylic acids is 2. The van der Waals surface area contributed by atoms with Crippen LogP contribution in [0.25, 0.3) is 0 Å². The molecule has 4 bridgehead atoms. The Morgan fingerprint density at radius 3 is 2.38 bits per heavy atom. The van der Waals surface area contributed by atoms with Crippen LogP contribution in [0.5, 0.6) is 5.75 Å². The first kappa shape index (κ1) is 17.4. The van der Waals surface area contributed by atoms with Crippen molar-refractivity contribution in [1.82, 2.24) is 5.32 Å². The number of ether oxygens (including phenoxy) is 2. The van der Waals surface area contributed by atoms with Gasteiger partial charge in [-0.2, -0.15) is 0 Å². The molecule has 140 valence electrons. The van der Waals surface area contributed by atoms with Crippen LogP contribution in [-0.4, -0.2) is 25.6 Å². The average Bonchev–Trinajstić information content (AvgIpc) is 2.63. The molecule has 5 nitrogen and oxygen atoms in total. The van der Waals surface area contributed by atoms with E-state index in [9.17, 15) is 9.59 Å². The lowest BCUT2D eigenvalue weighted by Crippen LogP contribution is -2.51. The van der Waals surface area contributed by atoms with Gasteiger partial charge in [0, 0.05) is 6.54 Å². The minimum atomic E-state index is -0.304.